The van der Waals surface area contributed by atoms with Crippen LogP contribution in [0.15, 0.2) is 52.1 Å². The van der Waals surface area contributed by atoms with Crippen molar-refractivity contribution in [2.45, 2.75) is 47.2 Å². The van der Waals surface area contributed by atoms with Crippen molar-refractivity contribution in [3.05, 3.63) is 74.4 Å². The number of amides is 1. The summed E-state index contributed by atoms with van der Waals surface area (Å²) in [7, 11) is 0. The fraction of sp³-hybridized carbons (Fsp3) is 0.370. The summed E-state index contributed by atoms with van der Waals surface area (Å²) in [5, 5.41) is 7.51. The predicted octanol–water partition coefficient (Wildman–Crippen LogP) is 2.89. The molecule has 37 heavy (non-hydrogen) atoms. The average molecular weight is 506 g/mol. The molecule has 10 heteroatoms. The largest absolute Gasteiger partial charge is 0.494 e. The van der Waals surface area contributed by atoms with Gasteiger partial charge in [0.1, 0.15) is 12.3 Å². The van der Waals surface area contributed by atoms with Gasteiger partial charge in [0, 0.05) is 24.2 Å². The second kappa shape index (κ2) is 10.8. The first-order valence-electron chi connectivity index (χ1n) is 12.5. The van der Waals surface area contributed by atoms with Crippen LogP contribution in [0.3, 0.4) is 0 Å². The number of carbonyl (C=O) groups is 2. The smallest absolute Gasteiger partial charge is 0.352 e. The summed E-state index contributed by atoms with van der Waals surface area (Å²) < 4.78 is 9.21. The van der Waals surface area contributed by atoms with Gasteiger partial charge in [-0.1, -0.05) is 20.8 Å². The summed E-state index contributed by atoms with van der Waals surface area (Å²) in [6, 6.07) is 11.3. The Morgan fingerprint density at radius 2 is 1.73 bits per heavy atom. The van der Waals surface area contributed by atoms with Gasteiger partial charge in [0.15, 0.2) is 5.78 Å². The van der Waals surface area contributed by atoms with Crippen LogP contribution in [0.4, 0.5) is 0 Å². The van der Waals surface area contributed by atoms with Crippen LogP contribution in [-0.2, 0) is 13.1 Å². The van der Waals surface area contributed by atoms with Gasteiger partial charge in [-0.3, -0.25) is 19.0 Å². The van der Waals surface area contributed by atoms with Crippen LogP contribution >= 0.6 is 0 Å². The molecule has 0 aliphatic rings. The van der Waals surface area contributed by atoms with Gasteiger partial charge in [0.25, 0.3) is 11.5 Å². The number of benzene rings is 2. The SMILES string of the molecule is CCCn1c(=O)c2ccc(C(=O)NCC(C)C)cc2n2c(=O)n(CC(=O)c3ccc(OCC)cc3)nc12. The Balaban J connectivity index is 1.81. The predicted molar refractivity (Wildman–Crippen MR) is 141 cm³/mol. The Kier molecular flexibility index (Phi) is 7.56. The van der Waals surface area contributed by atoms with Gasteiger partial charge in [-0.05, 0) is 61.7 Å². The molecule has 10 nitrogen and oxygen atoms in total. The van der Waals surface area contributed by atoms with Crippen LogP contribution < -0.4 is 21.3 Å². The van der Waals surface area contributed by atoms with Gasteiger partial charge in [-0.15, -0.1) is 5.10 Å². The Hall–Kier alpha value is -4.21. The number of Topliss-reactive ketones (excluding diaryl/α,β-unsaturated/α-hetero) is 1. The first kappa shape index (κ1) is 25.9. The molecule has 0 unspecified atom stereocenters. The maximum absolute atomic E-state index is 13.5. The van der Waals surface area contributed by atoms with Gasteiger partial charge in [-0.2, -0.15) is 0 Å². The summed E-state index contributed by atoms with van der Waals surface area (Å²) in [6.45, 7) is 8.82. The quantitative estimate of drug-likeness (QED) is 0.331. The molecule has 1 N–H and O–H groups in total. The first-order valence-corrected chi connectivity index (χ1v) is 12.5. The van der Waals surface area contributed by atoms with Gasteiger partial charge in [0.2, 0.25) is 5.78 Å². The zero-order valence-electron chi connectivity index (χ0n) is 21.5. The molecule has 2 aromatic carbocycles. The van der Waals surface area contributed by atoms with Crippen molar-refractivity contribution in [1.29, 1.82) is 0 Å². The second-order valence-electron chi connectivity index (χ2n) is 9.25. The average Bonchev–Trinajstić information content (AvgIpc) is 3.20. The highest BCUT2D eigenvalue weighted by atomic mass is 16.5. The van der Waals surface area contributed by atoms with Gasteiger partial charge >= 0.3 is 5.69 Å². The summed E-state index contributed by atoms with van der Waals surface area (Å²) in [5.41, 5.74) is 0.131. The van der Waals surface area contributed by atoms with Crippen LogP contribution in [0.1, 0.15) is 54.8 Å². The normalized spacial score (nSPS) is 11.4. The summed E-state index contributed by atoms with van der Waals surface area (Å²) in [5.74, 6) is 0.436. The molecule has 0 aliphatic heterocycles. The molecular formula is C27H31N5O5. The first-order chi connectivity index (χ1) is 17.7. The molecule has 2 heterocycles. The molecule has 0 saturated carbocycles. The molecule has 0 radical (unpaired) electrons. The molecule has 0 spiro atoms. The van der Waals surface area contributed by atoms with Crippen molar-refractivity contribution in [3.63, 3.8) is 0 Å². The molecule has 0 bridgehead atoms. The lowest BCUT2D eigenvalue weighted by Crippen LogP contribution is -2.29. The van der Waals surface area contributed by atoms with E-state index < -0.39 is 5.69 Å². The molecule has 0 fully saturated rings. The molecule has 0 atom stereocenters. The number of hydrogen-bond donors (Lipinski definition) is 1. The number of hydrogen-bond acceptors (Lipinski definition) is 6. The fourth-order valence-corrected chi connectivity index (χ4v) is 4.11. The van der Waals surface area contributed by atoms with Crippen molar-refractivity contribution >= 4 is 28.4 Å². The maximum Gasteiger partial charge on any atom is 0.352 e. The van der Waals surface area contributed by atoms with E-state index in [-0.39, 0.29) is 41.0 Å². The third-order valence-electron chi connectivity index (χ3n) is 5.94. The zero-order valence-corrected chi connectivity index (χ0v) is 21.5. The van der Waals surface area contributed by atoms with E-state index in [1.165, 1.54) is 15.0 Å². The molecule has 4 aromatic rings. The van der Waals surface area contributed by atoms with Crippen molar-refractivity contribution in [2.24, 2.45) is 5.92 Å². The van der Waals surface area contributed by atoms with Gasteiger partial charge < -0.3 is 10.1 Å². The molecule has 194 valence electrons. The topological polar surface area (TPSA) is 117 Å². The Morgan fingerprint density at radius 3 is 2.38 bits per heavy atom. The minimum atomic E-state index is -0.566. The lowest BCUT2D eigenvalue weighted by molar-refractivity contribution is 0.0946. The van der Waals surface area contributed by atoms with Crippen LogP contribution in [-0.4, -0.2) is 43.6 Å². The highest BCUT2D eigenvalue weighted by molar-refractivity contribution is 5.98. The monoisotopic (exact) mass is 505 g/mol. The van der Waals surface area contributed by atoms with Crippen LogP contribution in [0, 0.1) is 5.92 Å². The second-order valence-corrected chi connectivity index (χ2v) is 9.25. The fourth-order valence-electron chi connectivity index (χ4n) is 4.11. The van der Waals surface area contributed by atoms with Crippen molar-refractivity contribution < 1.29 is 14.3 Å². The standard InChI is InChI=1S/C27H31N5O5/c1-5-13-30-25(35)21-12-9-19(24(34)28-15-17(3)4)14-22(21)32-26(30)29-31(27(32)36)16-23(33)18-7-10-20(11-8-18)37-6-2/h7-12,14,17H,5-6,13,15-16H2,1-4H3,(H,28,34). The number of ether oxygens (including phenoxy) is 1. The lowest BCUT2D eigenvalue weighted by Gasteiger charge is -2.11. The number of carbonyl (C=O) groups excluding carboxylic acids is 2. The third-order valence-corrected chi connectivity index (χ3v) is 5.94. The highest BCUT2D eigenvalue weighted by Gasteiger charge is 2.20. The van der Waals surface area contributed by atoms with Crippen molar-refractivity contribution in [3.8, 4) is 5.75 Å². The van der Waals surface area contributed by atoms with Crippen LogP contribution in [0.25, 0.3) is 16.7 Å². The van der Waals surface area contributed by atoms with Crippen molar-refractivity contribution in [1.82, 2.24) is 24.1 Å². The third kappa shape index (κ3) is 5.18. The lowest BCUT2D eigenvalue weighted by atomic mass is 10.1. The minimum Gasteiger partial charge on any atom is -0.494 e. The molecular weight excluding hydrogens is 474 g/mol. The summed E-state index contributed by atoms with van der Waals surface area (Å²) in [4.78, 5) is 52.4. The van der Waals surface area contributed by atoms with E-state index in [4.69, 9.17) is 4.74 Å². The molecule has 0 saturated heterocycles. The van der Waals surface area contributed by atoms with E-state index >= 15 is 0 Å². The number of fused-ring (bicyclic) bond motifs is 3. The summed E-state index contributed by atoms with van der Waals surface area (Å²) >= 11 is 0. The number of rotatable bonds is 10. The van der Waals surface area contributed by atoms with Gasteiger partial charge in [-0.25, -0.2) is 13.9 Å². The van der Waals surface area contributed by atoms with E-state index in [1.54, 1.807) is 36.4 Å². The Bertz CT molecular complexity index is 1580. The molecule has 2 aromatic heterocycles. The summed E-state index contributed by atoms with van der Waals surface area (Å²) in [6.07, 6.45) is 0.642. The van der Waals surface area contributed by atoms with Crippen molar-refractivity contribution in [2.75, 3.05) is 13.2 Å². The van der Waals surface area contributed by atoms with E-state index in [2.05, 4.69) is 10.4 Å². The van der Waals surface area contributed by atoms with Gasteiger partial charge in [0.05, 0.1) is 17.5 Å². The van der Waals surface area contributed by atoms with Crippen LogP contribution in [0.2, 0.25) is 0 Å². The van der Waals surface area contributed by atoms with E-state index in [0.29, 0.717) is 48.4 Å². The molecule has 0 aliphatic carbocycles. The molecule has 1 amide bonds. The van der Waals surface area contributed by atoms with E-state index in [1.807, 2.05) is 27.7 Å². The number of nitrogens with one attached hydrogen (secondary N) is 1. The number of ketones is 1. The maximum atomic E-state index is 13.5. The highest BCUT2D eigenvalue weighted by Crippen LogP contribution is 2.16. The Morgan fingerprint density at radius 1 is 1.03 bits per heavy atom. The van der Waals surface area contributed by atoms with E-state index in [9.17, 15) is 19.2 Å². The Labute approximate surface area is 213 Å². The number of aryl methyl sites for hydroxylation is 1. The van der Waals surface area contributed by atoms with Crippen LogP contribution in [0.5, 0.6) is 5.75 Å². The minimum absolute atomic E-state index is 0.128. The zero-order chi connectivity index (χ0) is 26.7. The number of nitrogens with zero attached hydrogens (tertiary/aromatic N) is 4. The van der Waals surface area contributed by atoms with E-state index in [0.717, 1.165) is 4.68 Å². The molecule has 4 rings (SSSR count). The number of aromatic nitrogens is 4.